The molecule has 5 atom stereocenters. The number of para-hydroxylation sites is 1. The monoisotopic (exact) mass is 345 g/mol. The van der Waals surface area contributed by atoms with Gasteiger partial charge in [-0.3, -0.25) is 4.79 Å². The van der Waals surface area contributed by atoms with Crippen LogP contribution in [0.5, 0.6) is 5.75 Å². The molecule has 3 aliphatic rings. The molecule has 0 aromatic heterocycles. The summed E-state index contributed by atoms with van der Waals surface area (Å²) in [5, 5.41) is 20.0. The first-order valence-electron chi connectivity index (χ1n) is 9.05. The maximum Gasteiger partial charge on any atom is 0.475 e. The van der Waals surface area contributed by atoms with Gasteiger partial charge in [0.2, 0.25) is 6.41 Å². The molecule has 1 amide bonds. The van der Waals surface area contributed by atoms with Gasteiger partial charge in [-0.15, -0.1) is 0 Å². The molecule has 2 fully saturated rings. The Morgan fingerprint density at radius 2 is 2.24 bits per heavy atom. The van der Waals surface area contributed by atoms with Crippen LogP contribution in [0, 0.1) is 6.92 Å². The topological polar surface area (TPSA) is 79.2 Å². The Hall–Kier alpha value is -1.57. The van der Waals surface area contributed by atoms with Crippen LogP contribution in [-0.4, -0.2) is 59.3 Å². The highest BCUT2D eigenvalue weighted by Crippen LogP contribution is 2.41. The molecule has 134 valence electrons. The van der Waals surface area contributed by atoms with Gasteiger partial charge in [-0.2, -0.15) is 0 Å². The van der Waals surface area contributed by atoms with Crippen molar-refractivity contribution >= 4 is 13.5 Å². The second kappa shape index (κ2) is 6.63. The van der Waals surface area contributed by atoms with Crippen LogP contribution in [0.3, 0.4) is 0 Å². The van der Waals surface area contributed by atoms with Crippen molar-refractivity contribution in [3.05, 3.63) is 29.3 Å². The highest BCUT2D eigenvalue weighted by atomic mass is 16.5. The number of ether oxygens (including phenoxy) is 2. The van der Waals surface area contributed by atoms with Crippen molar-refractivity contribution in [2.75, 3.05) is 6.61 Å². The third kappa shape index (κ3) is 2.94. The maximum atomic E-state index is 11.8. The number of fused-ring (bicyclic) bond motifs is 3. The largest absolute Gasteiger partial charge is 0.492 e. The van der Waals surface area contributed by atoms with E-state index in [0.717, 1.165) is 42.5 Å². The zero-order valence-corrected chi connectivity index (χ0v) is 14.4. The molecule has 7 heteroatoms. The van der Waals surface area contributed by atoms with E-state index in [1.54, 1.807) is 4.90 Å². The fraction of sp³-hybridized carbons (Fsp3) is 0.611. The summed E-state index contributed by atoms with van der Waals surface area (Å²) in [6.07, 6.45) is 4.18. The van der Waals surface area contributed by atoms with E-state index in [0.29, 0.717) is 13.0 Å². The van der Waals surface area contributed by atoms with Crippen molar-refractivity contribution < 1.29 is 24.3 Å². The number of nitrogens with zero attached hydrogens (tertiary/aromatic N) is 1. The number of carbonyl (C=O) groups excluding carboxylic acids is 1. The third-order valence-corrected chi connectivity index (χ3v) is 5.94. The molecule has 3 heterocycles. The molecule has 0 saturated carbocycles. The van der Waals surface area contributed by atoms with Gasteiger partial charge in [0, 0.05) is 11.5 Å². The Bertz CT molecular complexity index is 654. The summed E-state index contributed by atoms with van der Waals surface area (Å²) >= 11 is 0. The first kappa shape index (κ1) is 16.9. The van der Waals surface area contributed by atoms with Crippen LogP contribution >= 0.6 is 0 Å². The zero-order chi connectivity index (χ0) is 17.6. The van der Waals surface area contributed by atoms with E-state index in [1.807, 2.05) is 25.1 Å². The molecule has 0 unspecified atom stereocenters. The van der Waals surface area contributed by atoms with Gasteiger partial charge in [0.05, 0.1) is 30.8 Å². The van der Waals surface area contributed by atoms with E-state index < -0.39 is 13.1 Å². The fourth-order valence-electron chi connectivity index (χ4n) is 4.68. The minimum Gasteiger partial charge on any atom is -0.492 e. The second-order valence-electron chi connectivity index (χ2n) is 7.45. The summed E-state index contributed by atoms with van der Waals surface area (Å²) in [4.78, 5) is 13.4. The average Bonchev–Trinajstić information content (AvgIpc) is 3.30. The molecule has 3 aliphatic heterocycles. The van der Waals surface area contributed by atoms with Gasteiger partial charge in [0.25, 0.3) is 0 Å². The van der Waals surface area contributed by atoms with E-state index in [4.69, 9.17) is 9.47 Å². The van der Waals surface area contributed by atoms with Gasteiger partial charge in [-0.25, -0.2) is 0 Å². The average molecular weight is 345 g/mol. The van der Waals surface area contributed by atoms with Crippen LogP contribution in [0.25, 0.3) is 0 Å². The lowest BCUT2D eigenvalue weighted by Crippen LogP contribution is -2.54. The molecule has 25 heavy (non-hydrogen) atoms. The Morgan fingerprint density at radius 1 is 1.40 bits per heavy atom. The predicted molar refractivity (Wildman–Crippen MR) is 92.2 cm³/mol. The predicted octanol–water partition coefficient (Wildman–Crippen LogP) is 1.02. The highest BCUT2D eigenvalue weighted by molar-refractivity contribution is 6.43. The zero-order valence-electron chi connectivity index (χ0n) is 14.4. The number of hydrogen-bond acceptors (Lipinski definition) is 5. The number of aryl methyl sites for hydroxylation is 1. The number of carbonyl (C=O) groups is 1. The molecule has 1 aromatic carbocycles. The van der Waals surface area contributed by atoms with Crippen molar-refractivity contribution in [2.45, 2.75) is 62.7 Å². The van der Waals surface area contributed by atoms with Gasteiger partial charge in [-0.05, 0) is 38.2 Å². The second-order valence-corrected chi connectivity index (χ2v) is 7.45. The minimum absolute atomic E-state index is 0.0193. The lowest BCUT2D eigenvalue weighted by molar-refractivity contribution is -0.123. The van der Waals surface area contributed by atoms with E-state index in [1.165, 1.54) is 0 Å². The van der Waals surface area contributed by atoms with Crippen LogP contribution in [0.2, 0.25) is 0 Å². The Labute approximate surface area is 147 Å². The van der Waals surface area contributed by atoms with Crippen molar-refractivity contribution in [2.24, 2.45) is 0 Å². The summed E-state index contributed by atoms with van der Waals surface area (Å²) in [5.74, 6) is 0.272. The van der Waals surface area contributed by atoms with Crippen LogP contribution in [-0.2, 0) is 9.53 Å². The quantitative estimate of drug-likeness (QED) is 0.595. The smallest absolute Gasteiger partial charge is 0.475 e. The van der Waals surface area contributed by atoms with E-state index in [9.17, 15) is 14.8 Å². The third-order valence-electron chi connectivity index (χ3n) is 5.94. The van der Waals surface area contributed by atoms with Crippen molar-refractivity contribution in [3.63, 3.8) is 0 Å². The summed E-state index contributed by atoms with van der Waals surface area (Å²) in [6, 6.07) is 5.94. The summed E-state index contributed by atoms with van der Waals surface area (Å²) < 4.78 is 11.7. The normalized spacial score (nSPS) is 30.7. The first-order valence-corrected chi connectivity index (χ1v) is 9.05. The maximum absolute atomic E-state index is 11.8. The lowest BCUT2D eigenvalue weighted by Gasteiger charge is -2.36. The van der Waals surface area contributed by atoms with Crippen molar-refractivity contribution in [1.29, 1.82) is 0 Å². The summed E-state index contributed by atoms with van der Waals surface area (Å²) in [6.45, 7) is 2.51. The van der Waals surface area contributed by atoms with Crippen LogP contribution in [0.1, 0.15) is 42.7 Å². The van der Waals surface area contributed by atoms with Crippen molar-refractivity contribution in [1.82, 2.24) is 4.90 Å². The number of rotatable bonds is 6. The molecule has 4 rings (SSSR count). The van der Waals surface area contributed by atoms with E-state index >= 15 is 0 Å². The number of hydrogen-bond donors (Lipinski definition) is 2. The standard InChI is InChI=1S/C18H24BNO5/c1-11-3-2-4-14-12(9-24-18(11)14)7-17(19(22)23)20(10-21)15-8-13-5-6-16(15)25-13/h2-4,10,12-13,15-17,22-23H,5-9H2,1H3/t12-,13+,15+,16-,17-/m0/s1. The molecule has 0 aliphatic carbocycles. The molecule has 2 N–H and O–H groups in total. The molecule has 2 bridgehead atoms. The molecule has 6 nitrogen and oxygen atoms in total. The molecule has 1 aromatic rings. The summed E-state index contributed by atoms with van der Waals surface area (Å²) in [7, 11) is -1.59. The Morgan fingerprint density at radius 3 is 2.88 bits per heavy atom. The Kier molecular flexibility index (Phi) is 4.48. The first-order chi connectivity index (χ1) is 12.1. The molecule has 0 radical (unpaired) electrons. The number of benzene rings is 1. The van der Waals surface area contributed by atoms with Crippen LogP contribution in [0.4, 0.5) is 0 Å². The van der Waals surface area contributed by atoms with Crippen molar-refractivity contribution in [3.8, 4) is 5.75 Å². The van der Waals surface area contributed by atoms with Crippen LogP contribution in [0.15, 0.2) is 18.2 Å². The van der Waals surface area contributed by atoms with Gasteiger partial charge in [0.15, 0.2) is 0 Å². The van der Waals surface area contributed by atoms with E-state index in [2.05, 4.69) is 0 Å². The summed E-state index contributed by atoms with van der Waals surface area (Å²) in [5.41, 5.74) is 2.16. The lowest BCUT2D eigenvalue weighted by atomic mass is 9.71. The molecular weight excluding hydrogens is 321 g/mol. The van der Waals surface area contributed by atoms with Gasteiger partial charge < -0.3 is 24.4 Å². The van der Waals surface area contributed by atoms with Gasteiger partial charge >= 0.3 is 7.12 Å². The van der Waals surface area contributed by atoms with Gasteiger partial charge in [-0.1, -0.05) is 18.2 Å². The fourth-order valence-corrected chi connectivity index (χ4v) is 4.68. The van der Waals surface area contributed by atoms with Crippen LogP contribution < -0.4 is 4.74 Å². The minimum atomic E-state index is -1.59. The molecular formula is C18H24BNO5. The molecule has 2 saturated heterocycles. The number of amides is 1. The highest BCUT2D eigenvalue weighted by Gasteiger charge is 2.47. The van der Waals surface area contributed by atoms with E-state index in [-0.39, 0.29) is 24.2 Å². The van der Waals surface area contributed by atoms with Gasteiger partial charge in [0.1, 0.15) is 5.75 Å². The molecule has 0 spiro atoms. The SMILES string of the molecule is Cc1cccc2c1OC[C@@H]2C[C@@H](B(O)O)N(C=O)[C@@H]1C[C@H]2CC[C@@H]1O2. The Balaban J connectivity index is 1.54.